The van der Waals surface area contributed by atoms with Crippen molar-refractivity contribution in [2.24, 2.45) is 0 Å². The van der Waals surface area contributed by atoms with Crippen molar-refractivity contribution in [3.63, 3.8) is 0 Å². The molecule has 3 aromatic rings. The molecule has 0 spiro atoms. The number of amides is 1. The largest absolute Gasteiger partial charge is 0.494 e. The zero-order valence-corrected chi connectivity index (χ0v) is 16.7. The highest BCUT2D eigenvalue weighted by Crippen LogP contribution is 2.31. The molecule has 0 saturated heterocycles. The van der Waals surface area contributed by atoms with Gasteiger partial charge in [0, 0.05) is 23.4 Å². The van der Waals surface area contributed by atoms with Crippen LogP contribution >= 0.6 is 0 Å². The second kappa shape index (κ2) is 8.43. The van der Waals surface area contributed by atoms with Crippen LogP contribution in [0, 0.1) is 0 Å². The number of hydrogen-bond donors (Lipinski definition) is 1. The first-order valence-corrected chi connectivity index (χ1v) is 9.96. The van der Waals surface area contributed by atoms with Crippen LogP contribution in [-0.4, -0.2) is 32.8 Å². The number of benzene rings is 1. The highest BCUT2D eigenvalue weighted by atomic mass is 16.5. The lowest BCUT2D eigenvalue weighted by Gasteiger charge is -2.18. The van der Waals surface area contributed by atoms with Crippen molar-refractivity contribution < 1.29 is 9.53 Å². The first kappa shape index (κ1) is 19.1. The fourth-order valence-corrected chi connectivity index (χ4v) is 3.95. The maximum absolute atomic E-state index is 12.8. The van der Waals surface area contributed by atoms with Gasteiger partial charge in [0.15, 0.2) is 5.82 Å². The SMILES string of the molecule is COc1cnccc1-c1ccc(C(=O)NC(C)c2nncn2C2CCCC2)cc1. The Bertz CT molecular complexity index is 977. The van der Waals surface area contributed by atoms with E-state index in [1.165, 1.54) is 12.8 Å². The highest BCUT2D eigenvalue weighted by molar-refractivity contribution is 5.95. The van der Waals surface area contributed by atoms with E-state index in [0.29, 0.717) is 17.4 Å². The first-order valence-electron chi connectivity index (χ1n) is 9.96. The van der Waals surface area contributed by atoms with Crippen molar-refractivity contribution in [1.82, 2.24) is 25.1 Å². The number of pyridine rings is 1. The molecule has 1 fully saturated rings. The number of nitrogens with zero attached hydrogens (tertiary/aromatic N) is 4. The number of methoxy groups -OCH3 is 1. The number of carbonyl (C=O) groups is 1. The van der Waals surface area contributed by atoms with Gasteiger partial charge in [-0.25, -0.2) is 0 Å². The van der Waals surface area contributed by atoms with Crippen LogP contribution in [0.4, 0.5) is 0 Å². The minimum atomic E-state index is -0.217. The summed E-state index contributed by atoms with van der Waals surface area (Å²) in [7, 11) is 1.62. The summed E-state index contributed by atoms with van der Waals surface area (Å²) in [4.78, 5) is 16.8. The Hall–Kier alpha value is -3.22. The van der Waals surface area contributed by atoms with Gasteiger partial charge in [0.1, 0.15) is 12.1 Å². The third-order valence-electron chi connectivity index (χ3n) is 5.52. The van der Waals surface area contributed by atoms with E-state index in [0.717, 1.165) is 29.8 Å². The van der Waals surface area contributed by atoms with E-state index in [1.54, 1.807) is 25.8 Å². The number of carbonyl (C=O) groups excluding carboxylic acids is 1. The number of nitrogens with one attached hydrogen (secondary N) is 1. The minimum absolute atomic E-state index is 0.133. The van der Waals surface area contributed by atoms with E-state index in [9.17, 15) is 4.79 Å². The molecule has 1 aliphatic carbocycles. The van der Waals surface area contributed by atoms with E-state index in [1.807, 2.05) is 37.3 Å². The summed E-state index contributed by atoms with van der Waals surface area (Å²) in [5.74, 6) is 1.37. The molecule has 0 aliphatic heterocycles. The maximum atomic E-state index is 12.8. The topological polar surface area (TPSA) is 81.9 Å². The van der Waals surface area contributed by atoms with Gasteiger partial charge in [-0.3, -0.25) is 9.78 Å². The zero-order chi connectivity index (χ0) is 20.2. The van der Waals surface area contributed by atoms with Gasteiger partial charge in [-0.1, -0.05) is 25.0 Å². The Morgan fingerprint density at radius 1 is 1.21 bits per heavy atom. The third kappa shape index (κ3) is 3.99. The molecular formula is C22H25N5O2. The van der Waals surface area contributed by atoms with Gasteiger partial charge in [-0.15, -0.1) is 10.2 Å². The molecule has 4 rings (SSSR count). The molecule has 1 saturated carbocycles. The molecular weight excluding hydrogens is 366 g/mol. The molecule has 1 unspecified atom stereocenters. The number of aromatic nitrogens is 4. The van der Waals surface area contributed by atoms with Crippen molar-refractivity contribution in [2.75, 3.05) is 7.11 Å². The smallest absolute Gasteiger partial charge is 0.251 e. The minimum Gasteiger partial charge on any atom is -0.494 e. The lowest BCUT2D eigenvalue weighted by Crippen LogP contribution is -2.29. The molecule has 1 atom stereocenters. The first-order chi connectivity index (χ1) is 14.2. The second-order valence-electron chi connectivity index (χ2n) is 7.38. The van der Waals surface area contributed by atoms with Crippen LogP contribution in [-0.2, 0) is 0 Å². The van der Waals surface area contributed by atoms with Gasteiger partial charge < -0.3 is 14.6 Å². The third-order valence-corrected chi connectivity index (χ3v) is 5.52. The summed E-state index contributed by atoms with van der Waals surface area (Å²) in [5, 5.41) is 11.4. The fraction of sp³-hybridized carbons (Fsp3) is 0.364. The summed E-state index contributed by atoms with van der Waals surface area (Å²) in [6.07, 6.45) is 9.94. The molecule has 29 heavy (non-hydrogen) atoms. The highest BCUT2D eigenvalue weighted by Gasteiger charge is 2.23. The van der Waals surface area contributed by atoms with Crippen molar-refractivity contribution in [2.45, 2.75) is 44.7 Å². The summed E-state index contributed by atoms with van der Waals surface area (Å²) in [5.41, 5.74) is 2.50. The van der Waals surface area contributed by atoms with Crippen LogP contribution in [0.3, 0.4) is 0 Å². The van der Waals surface area contributed by atoms with Crippen LogP contribution in [0.25, 0.3) is 11.1 Å². The lowest BCUT2D eigenvalue weighted by molar-refractivity contribution is 0.0937. The predicted octanol–water partition coefficient (Wildman–Crippen LogP) is 3.95. The molecule has 1 aromatic carbocycles. The molecule has 7 heteroatoms. The second-order valence-corrected chi connectivity index (χ2v) is 7.38. The van der Waals surface area contributed by atoms with E-state index < -0.39 is 0 Å². The van der Waals surface area contributed by atoms with Gasteiger partial charge in [0.05, 0.1) is 19.3 Å². The molecule has 0 radical (unpaired) electrons. The van der Waals surface area contributed by atoms with E-state index in [2.05, 4.69) is 25.1 Å². The van der Waals surface area contributed by atoms with Crippen molar-refractivity contribution in [3.8, 4) is 16.9 Å². The standard InChI is InChI=1S/C22H25N5O2/c1-15(21-26-24-14-27(21)18-5-3-4-6-18)25-22(28)17-9-7-16(8-10-17)19-11-12-23-13-20(19)29-2/h7-15,18H,3-6H2,1-2H3,(H,25,28). The molecule has 1 amide bonds. The van der Waals surface area contributed by atoms with Gasteiger partial charge in [-0.2, -0.15) is 0 Å². The van der Waals surface area contributed by atoms with Gasteiger partial charge in [0.25, 0.3) is 5.91 Å². The Labute approximate surface area is 170 Å². The molecule has 7 nitrogen and oxygen atoms in total. The van der Waals surface area contributed by atoms with Crippen LogP contribution in [0.5, 0.6) is 5.75 Å². The maximum Gasteiger partial charge on any atom is 0.251 e. The van der Waals surface area contributed by atoms with Crippen molar-refractivity contribution >= 4 is 5.91 Å². The Morgan fingerprint density at radius 2 is 1.97 bits per heavy atom. The molecule has 2 heterocycles. The van der Waals surface area contributed by atoms with Gasteiger partial charge >= 0.3 is 0 Å². The Balaban J connectivity index is 1.47. The molecule has 0 bridgehead atoms. The van der Waals surface area contributed by atoms with Gasteiger partial charge in [0.2, 0.25) is 0 Å². The average molecular weight is 391 g/mol. The van der Waals surface area contributed by atoms with Crippen LogP contribution in [0.2, 0.25) is 0 Å². The molecule has 2 aromatic heterocycles. The molecule has 1 N–H and O–H groups in total. The average Bonchev–Trinajstić information content (AvgIpc) is 3.45. The van der Waals surface area contributed by atoms with Crippen LogP contribution in [0.1, 0.15) is 60.9 Å². The molecule has 1 aliphatic rings. The van der Waals surface area contributed by atoms with Crippen molar-refractivity contribution in [3.05, 3.63) is 60.4 Å². The summed E-state index contributed by atoms with van der Waals surface area (Å²) >= 11 is 0. The summed E-state index contributed by atoms with van der Waals surface area (Å²) in [6, 6.07) is 9.58. The number of ether oxygens (including phenoxy) is 1. The Kier molecular flexibility index (Phi) is 5.55. The zero-order valence-electron chi connectivity index (χ0n) is 16.7. The quantitative estimate of drug-likeness (QED) is 0.688. The number of rotatable bonds is 6. The monoisotopic (exact) mass is 391 g/mol. The van der Waals surface area contributed by atoms with E-state index in [4.69, 9.17) is 4.74 Å². The normalized spacial score (nSPS) is 15.2. The van der Waals surface area contributed by atoms with Gasteiger partial charge in [-0.05, 0) is 43.5 Å². The fourth-order valence-electron chi connectivity index (χ4n) is 3.95. The van der Waals surface area contributed by atoms with Crippen LogP contribution in [0.15, 0.2) is 49.1 Å². The lowest BCUT2D eigenvalue weighted by atomic mass is 10.0. The molecule has 150 valence electrons. The Morgan fingerprint density at radius 3 is 2.69 bits per heavy atom. The van der Waals surface area contributed by atoms with E-state index in [-0.39, 0.29) is 11.9 Å². The summed E-state index contributed by atoms with van der Waals surface area (Å²) < 4.78 is 7.49. The van der Waals surface area contributed by atoms with Crippen LogP contribution < -0.4 is 10.1 Å². The van der Waals surface area contributed by atoms with Crippen molar-refractivity contribution in [1.29, 1.82) is 0 Å². The predicted molar refractivity (Wildman–Crippen MR) is 110 cm³/mol. The number of hydrogen-bond acceptors (Lipinski definition) is 5. The van der Waals surface area contributed by atoms with E-state index >= 15 is 0 Å². The summed E-state index contributed by atoms with van der Waals surface area (Å²) in [6.45, 7) is 1.95.